The SMILES string of the molecule is C[N+](C)(C)CC(O)C(=O)c1ccc(N)cc1. The van der Waals surface area contributed by atoms with E-state index in [2.05, 4.69) is 0 Å². The lowest BCUT2D eigenvalue weighted by atomic mass is 10.1. The van der Waals surface area contributed by atoms with Gasteiger partial charge >= 0.3 is 0 Å². The molecule has 0 spiro atoms. The number of hydrogen-bond acceptors (Lipinski definition) is 3. The Bertz CT molecular complexity index is 366. The van der Waals surface area contributed by atoms with Gasteiger partial charge in [0, 0.05) is 11.3 Å². The maximum atomic E-state index is 11.8. The van der Waals surface area contributed by atoms with Crippen molar-refractivity contribution in [2.45, 2.75) is 6.10 Å². The van der Waals surface area contributed by atoms with Crippen molar-refractivity contribution in [3.63, 3.8) is 0 Å². The Morgan fingerprint density at radius 2 is 1.81 bits per heavy atom. The molecule has 1 aromatic rings. The van der Waals surface area contributed by atoms with Crippen LogP contribution in [0.25, 0.3) is 0 Å². The standard InChI is InChI=1S/C12H18N2O2/c1-14(2,3)8-11(15)12(16)9-4-6-10(13)7-5-9/h4-7,11,15H,8H2,1-3H3,(H-,13,16)/p+1. The first-order valence-corrected chi connectivity index (χ1v) is 5.18. The summed E-state index contributed by atoms with van der Waals surface area (Å²) in [6.07, 6.45) is -0.969. The number of anilines is 1. The van der Waals surface area contributed by atoms with Gasteiger partial charge in [-0.2, -0.15) is 0 Å². The van der Waals surface area contributed by atoms with Crippen molar-refractivity contribution in [2.24, 2.45) is 0 Å². The number of benzene rings is 1. The van der Waals surface area contributed by atoms with Crippen LogP contribution in [0.4, 0.5) is 5.69 Å². The topological polar surface area (TPSA) is 63.3 Å². The molecular weight excluding hydrogens is 204 g/mol. The number of hydrogen-bond donors (Lipinski definition) is 2. The molecule has 0 amide bonds. The van der Waals surface area contributed by atoms with Gasteiger partial charge in [0.2, 0.25) is 0 Å². The quantitative estimate of drug-likeness (QED) is 0.444. The summed E-state index contributed by atoms with van der Waals surface area (Å²) in [5, 5.41) is 9.78. The third kappa shape index (κ3) is 3.64. The largest absolute Gasteiger partial charge is 0.399 e. The van der Waals surface area contributed by atoms with Crippen molar-refractivity contribution in [3.8, 4) is 0 Å². The van der Waals surface area contributed by atoms with Gasteiger partial charge in [-0.15, -0.1) is 0 Å². The predicted molar refractivity (Wildman–Crippen MR) is 64.1 cm³/mol. The van der Waals surface area contributed by atoms with Crippen LogP contribution in [0.1, 0.15) is 10.4 Å². The van der Waals surface area contributed by atoms with E-state index in [1.807, 2.05) is 21.1 Å². The fourth-order valence-electron chi connectivity index (χ4n) is 1.44. The molecule has 0 aromatic heterocycles. The molecule has 1 unspecified atom stereocenters. The van der Waals surface area contributed by atoms with E-state index in [1.54, 1.807) is 24.3 Å². The highest BCUT2D eigenvalue weighted by Gasteiger charge is 2.23. The Kier molecular flexibility index (Phi) is 3.67. The molecule has 1 aromatic carbocycles. The number of quaternary nitrogens is 1. The van der Waals surface area contributed by atoms with Crippen molar-refractivity contribution >= 4 is 11.5 Å². The minimum Gasteiger partial charge on any atom is -0.399 e. The fraction of sp³-hybridized carbons (Fsp3) is 0.417. The molecule has 0 fully saturated rings. The summed E-state index contributed by atoms with van der Waals surface area (Å²) >= 11 is 0. The Hall–Kier alpha value is -1.39. The van der Waals surface area contributed by atoms with E-state index in [0.717, 1.165) is 0 Å². The summed E-state index contributed by atoms with van der Waals surface area (Å²) in [6.45, 7) is 0.392. The molecule has 0 radical (unpaired) electrons. The lowest BCUT2D eigenvalue weighted by Gasteiger charge is -2.26. The van der Waals surface area contributed by atoms with E-state index in [9.17, 15) is 9.90 Å². The molecule has 1 rings (SSSR count). The number of nitrogens with two attached hydrogens (primary N) is 1. The van der Waals surface area contributed by atoms with Crippen LogP contribution in [0.2, 0.25) is 0 Å². The Morgan fingerprint density at radius 1 is 1.31 bits per heavy atom. The van der Waals surface area contributed by atoms with E-state index < -0.39 is 6.10 Å². The zero-order valence-electron chi connectivity index (χ0n) is 9.97. The van der Waals surface area contributed by atoms with Gasteiger partial charge < -0.3 is 15.3 Å². The summed E-state index contributed by atoms with van der Waals surface area (Å²) in [5.41, 5.74) is 6.63. The minimum atomic E-state index is -0.969. The number of nitrogen functional groups attached to an aromatic ring is 1. The zero-order valence-corrected chi connectivity index (χ0v) is 9.97. The van der Waals surface area contributed by atoms with Crippen molar-refractivity contribution in [1.82, 2.24) is 0 Å². The number of aliphatic hydroxyl groups excluding tert-OH is 1. The van der Waals surface area contributed by atoms with Crippen LogP contribution in [-0.4, -0.2) is 49.2 Å². The first-order chi connectivity index (χ1) is 7.29. The molecule has 0 heterocycles. The third-order valence-electron chi connectivity index (χ3n) is 2.22. The summed E-state index contributed by atoms with van der Waals surface area (Å²) < 4.78 is 0.544. The van der Waals surface area contributed by atoms with Gasteiger partial charge in [0.25, 0.3) is 0 Å². The average molecular weight is 223 g/mol. The summed E-state index contributed by atoms with van der Waals surface area (Å²) in [6, 6.07) is 6.59. The molecule has 3 N–H and O–H groups in total. The van der Waals surface area contributed by atoms with E-state index in [0.29, 0.717) is 22.3 Å². The van der Waals surface area contributed by atoms with Gasteiger partial charge in [0.05, 0.1) is 21.1 Å². The normalized spacial score (nSPS) is 13.5. The molecule has 4 heteroatoms. The number of aliphatic hydroxyl groups is 1. The Labute approximate surface area is 95.9 Å². The van der Waals surface area contributed by atoms with Gasteiger partial charge in [-0.25, -0.2) is 0 Å². The van der Waals surface area contributed by atoms with Crippen LogP contribution in [-0.2, 0) is 0 Å². The highest BCUT2D eigenvalue weighted by Crippen LogP contribution is 2.09. The average Bonchev–Trinajstić information content (AvgIpc) is 2.15. The monoisotopic (exact) mass is 223 g/mol. The molecule has 0 bridgehead atoms. The third-order valence-corrected chi connectivity index (χ3v) is 2.22. The van der Waals surface area contributed by atoms with Crippen molar-refractivity contribution in [3.05, 3.63) is 29.8 Å². The predicted octanol–water partition coefficient (Wildman–Crippen LogP) is 0.519. The van der Waals surface area contributed by atoms with E-state index >= 15 is 0 Å². The van der Waals surface area contributed by atoms with Crippen molar-refractivity contribution < 1.29 is 14.4 Å². The van der Waals surface area contributed by atoms with Gasteiger partial charge in [-0.1, -0.05) is 0 Å². The molecule has 88 valence electrons. The van der Waals surface area contributed by atoms with Gasteiger partial charge in [-0.05, 0) is 24.3 Å². The van der Waals surface area contributed by atoms with Gasteiger partial charge in [0.1, 0.15) is 6.54 Å². The first-order valence-electron chi connectivity index (χ1n) is 5.18. The van der Waals surface area contributed by atoms with Crippen LogP contribution in [0, 0.1) is 0 Å². The number of likely N-dealkylation sites (N-methyl/N-ethyl adjacent to an activating group) is 1. The van der Waals surface area contributed by atoms with Crippen molar-refractivity contribution in [2.75, 3.05) is 33.4 Å². The Morgan fingerprint density at radius 3 is 2.25 bits per heavy atom. The summed E-state index contributed by atoms with van der Waals surface area (Å²) in [5.74, 6) is -0.256. The summed E-state index contributed by atoms with van der Waals surface area (Å²) in [7, 11) is 5.79. The lowest BCUT2D eigenvalue weighted by molar-refractivity contribution is -0.872. The molecular formula is C12H19N2O2+. The van der Waals surface area contributed by atoms with Crippen LogP contribution in [0.3, 0.4) is 0 Å². The zero-order chi connectivity index (χ0) is 12.3. The fourth-order valence-corrected chi connectivity index (χ4v) is 1.44. The van der Waals surface area contributed by atoms with E-state index in [4.69, 9.17) is 5.73 Å². The number of ketones is 1. The second kappa shape index (κ2) is 4.63. The molecule has 16 heavy (non-hydrogen) atoms. The van der Waals surface area contributed by atoms with Gasteiger partial charge in [0.15, 0.2) is 11.9 Å². The highest BCUT2D eigenvalue weighted by atomic mass is 16.3. The summed E-state index contributed by atoms with van der Waals surface area (Å²) in [4.78, 5) is 11.8. The Balaban J connectivity index is 2.74. The number of nitrogens with zero attached hydrogens (tertiary/aromatic N) is 1. The first kappa shape index (κ1) is 12.7. The van der Waals surface area contributed by atoms with Crippen LogP contribution in [0.15, 0.2) is 24.3 Å². The van der Waals surface area contributed by atoms with Crippen LogP contribution < -0.4 is 5.73 Å². The molecule has 0 saturated heterocycles. The number of carbonyl (C=O) groups is 1. The molecule has 0 aliphatic carbocycles. The molecule has 0 aliphatic rings. The lowest BCUT2D eigenvalue weighted by Crippen LogP contribution is -2.44. The number of Topliss-reactive ketones (excluding diaryl/α,β-unsaturated/α-hetero) is 1. The molecule has 1 atom stereocenters. The van der Waals surface area contributed by atoms with E-state index in [1.165, 1.54) is 0 Å². The maximum absolute atomic E-state index is 11.8. The maximum Gasteiger partial charge on any atom is 0.197 e. The van der Waals surface area contributed by atoms with Gasteiger partial charge in [-0.3, -0.25) is 4.79 Å². The van der Waals surface area contributed by atoms with Crippen LogP contribution in [0.5, 0.6) is 0 Å². The number of rotatable bonds is 4. The second-order valence-corrected chi connectivity index (χ2v) is 4.97. The van der Waals surface area contributed by atoms with E-state index in [-0.39, 0.29) is 5.78 Å². The van der Waals surface area contributed by atoms with Crippen molar-refractivity contribution in [1.29, 1.82) is 0 Å². The smallest absolute Gasteiger partial charge is 0.197 e. The second-order valence-electron chi connectivity index (χ2n) is 4.97. The minimum absolute atomic E-state index is 0.256. The van der Waals surface area contributed by atoms with Crippen LogP contribution >= 0.6 is 0 Å². The molecule has 4 nitrogen and oxygen atoms in total. The highest BCUT2D eigenvalue weighted by molar-refractivity contribution is 5.99. The molecule has 0 saturated carbocycles. The number of carbonyl (C=O) groups excluding carboxylic acids is 1. The molecule has 0 aliphatic heterocycles.